The lowest BCUT2D eigenvalue weighted by atomic mass is 9.73. The number of alkyl halides is 1. The van der Waals surface area contributed by atoms with Crippen molar-refractivity contribution in [1.29, 1.82) is 0 Å². The first-order chi connectivity index (χ1) is 13.3. The number of phenols is 1. The predicted molar refractivity (Wildman–Crippen MR) is 109 cm³/mol. The number of aryl methyl sites for hydroxylation is 1. The van der Waals surface area contributed by atoms with E-state index in [1.807, 2.05) is 19.9 Å². The first-order valence-electron chi connectivity index (χ1n) is 9.95. The van der Waals surface area contributed by atoms with Crippen LogP contribution in [0, 0.1) is 5.92 Å². The Labute approximate surface area is 166 Å². The Morgan fingerprint density at radius 1 is 1.39 bits per heavy atom. The van der Waals surface area contributed by atoms with Crippen LogP contribution in [0.4, 0.5) is 4.39 Å². The van der Waals surface area contributed by atoms with Crippen molar-refractivity contribution < 1.29 is 24.1 Å². The summed E-state index contributed by atoms with van der Waals surface area (Å²) in [6.45, 7) is 9.02. The van der Waals surface area contributed by atoms with Crippen LogP contribution < -0.4 is 4.74 Å². The number of hydrogen-bond acceptors (Lipinski definition) is 3. The highest BCUT2D eigenvalue weighted by Gasteiger charge is 2.33. The number of allylic oxidation sites excluding steroid dienone is 3. The number of rotatable bonds is 9. The molecule has 2 unspecified atom stereocenters. The van der Waals surface area contributed by atoms with Gasteiger partial charge in [-0.2, -0.15) is 0 Å². The van der Waals surface area contributed by atoms with E-state index in [1.54, 1.807) is 6.07 Å². The van der Waals surface area contributed by atoms with E-state index in [1.165, 1.54) is 0 Å². The van der Waals surface area contributed by atoms with E-state index >= 15 is 0 Å². The van der Waals surface area contributed by atoms with Crippen molar-refractivity contribution in [1.82, 2.24) is 0 Å². The Hall–Kier alpha value is -2.30. The molecule has 28 heavy (non-hydrogen) atoms. The molecule has 2 atom stereocenters. The van der Waals surface area contributed by atoms with Crippen LogP contribution in [0.3, 0.4) is 0 Å². The van der Waals surface area contributed by atoms with Gasteiger partial charge in [0, 0.05) is 11.5 Å². The Morgan fingerprint density at radius 3 is 2.68 bits per heavy atom. The third-order valence-corrected chi connectivity index (χ3v) is 5.57. The molecular formula is C23H31FO4. The molecule has 0 bridgehead atoms. The molecule has 0 spiro atoms. The van der Waals surface area contributed by atoms with E-state index in [9.17, 15) is 19.4 Å². The molecule has 4 nitrogen and oxygen atoms in total. The Morgan fingerprint density at radius 2 is 2.11 bits per heavy atom. The molecule has 0 radical (unpaired) electrons. The minimum absolute atomic E-state index is 0.0316. The summed E-state index contributed by atoms with van der Waals surface area (Å²) in [6.07, 6.45) is 7.00. The lowest BCUT2D eigenvalue weighted by molar-refractivity contribution is 0.0692. The summed E-state index contributed by atoms with van der Waals surface area (Å²) in [5.74, 6) is -1.54. The number of halogens is 1. The van der Waals surface area contributed by atoms with Crippen LogP contribution in [-0.2, 0) is 6.42 Å². The van der Waals surface area contributed by atoms with Crippen LogP contribution >= 0.6 is 0 Å². The van der Waals surface area contributed by atoms with Crippen molar-refractivity contribution in [3.63, 3.8) is 0 Å². The van der Waals surface area contributed by atoms with Crippen LogP contribution in [-0.4, -0.2) is 23.0 Å². The smallest absolute Gasteiger partial charge is 0.339 e. The first kappa shape index (κ1) is 22.0. The number of aromatic carboxylic acids is 1. The highest BCUT2D eigenvalue weighted by Crippen LogP contribution is 2.48. The summed E-state index contributed by atoms with van der Waals surface area (Å²) in [5.41, 5.74) is 2.82. The highest BCUT2D eigenvalue weighted by molar-refractivity contribution is 5.94. The molecule has 5 heteroatoms. The quantitative estimate of drug-likeness (QED) is 0.392. The highest BCUT2D eigenvalue weighted by atomic mass is 19.1. The number of unbranched alkanes of at least 4 members (excludes halogenated alkanes) is 2. The van der Waals surface area contributed by atoms with Gasteiger partial charge in [0.15, 0.2) is 0 Å². The van der Waals surface area contributed by atoms with Crippen LogP contribution in [0.1, 0.15) is 80.3 Å². The number of carboxylic acids is 1. The molecule has 0 saturated heterocycles. The van der Waals surface area contributed by atoms with Gasteiger partial charge in [0.25, 0.3) is 0 Å². The first-order valence-corrected chi connectivity index (χ1v) is 9.95. The number of aromatic hydroxyl groups is 1. The average Bonchev–Trinajstić information content (AvgIpc) is 2.61. The predicted octanol–water partition coefficient (Wildman–Crippen LogP) is 6.14. The summed E-state index contributed by atoms with van der Waals surface area (Å²) in [6, 6.07) is 1.60. The van der Waals surface area contributed by atoms with Crippen molar-refractivity contribution in [2.24, 2.45) is 5.92 Å². The minimum Gasteiger partial charge on any atom is -0.507 e. The summed E-state index contributed by atoms with van der Waals surface area (Å²) < 4.78 is 18.4. The molecule has 0 aliphatic heterocycles. The van der Waals surface area contributed by atoms with Gasteiger partial charge >= 0.3 is 5.97 Å². The van der Waals surface area contributed by atoms with Crippen molar-refractivity contribution in [2.45, 2.75) is 65.2 Å². The third-order valence-electron chi connectivity index (χ3n) is 5.57. The van der Waals surface area contributed by atoms with Crippen LogP contribution in [0.2, 0.25) is 0 Å². The number of carboxylic acid groups (broad SMARTS) is 1. The maximum absolute atomic E-state index is 13.1. The van der Waals surface area contributed by atoms with Gasteiger partial charge in [-0.15, -0.1) is 0 Å². The molecule has 1 aromatic rings. The molecule has 0 saturated carbocycles. The zero-order chi connectivity index (χ0) is 20.8. The number of ether oxygens (including phenoxy) is 1. The fourth-order valence-corrected chi connectivity index (χ4v) is 4.12. The Kier molecular flexibility index (Phi) is 7.67. The zero-order valence-electron chi connectivity index (χ0n) is 17.1. The number of hydrogen-bond donors (Lipinski definition) is 2. The van der Waals surface area contributed by atoms with Gasteiger partial charge in [-0.1, -0.05) is 43.6 Å². The van der Waals surface area contributed by atoms with Crippen molar-refractivity contribution in [3.8, 4) is 11.5 Å². The Balaban J connectivity index is 2.67. The molecule has 0 amide bonds. The van der Waals surface area contributed by atoms with E-state index in [-0.39, 0.29) is 28.9 Å². The Bertz CT molecular complexity index is 766. The molecule has 2 rings (SSSR count). The number of benzene rings is 1. The second kappa shape index (κ2) is 9.76. The molecule has 2 N–H and O–H groups in total. The fraction of sp³-hybridized carbons (Fsp3) is 0.522. The van der Waals surface area contributed by atoms with Crippen LogP contribution in [0.15, 0.2) is 29.9 Å². The third kappa shape index (κ3) is 4.75. The van der Waals surface area contributed by atoms with Crippen LogP contribution in [0.5, 0.6) is 11.5 Å². The van der Waals surface area contributed by atoms with Crippen LogP contribution in [0.25, 0.3) is 0 Å². The van der Waals surface area contributed by atoms with E-state index in [4.69, 9.17) is 4.74 Å². The normalized spacial score (nSPS) is 19.2. The van der Waals surface area contributed by atoms with Crippen molar-refractivity contribution in [3.05, 3.63) is 46.6 Å². The topological polar surface area (TPSA) is 66.8 Å². The van der Waals surface area contributed by atoms with Crippen molar-refractivity contribution >= 4 is 5.97 Å². The second-order valence-electron chi connectivity index (χ2n) is 7.72. The van der Waals surface area contributed by atoms with Gasteiger partial charge in [0.2, 0.25) is 6.86 Å². The van der Waals surface area contributed by atoms with E-state index in [0.717, 1.165) is 43.3 Å². The maximum Gasteiger partial charge on any atom is 0.339 e. The zero-order valence-corrected chi connectivity index (χ0v) is 17.1. The SMILES string of the molecule is C=C(C)C1CCC(C)=CC1c1c(OCF)cc(CCCCC)c(C(=O)O)c1O. The van der Waals surface area contributed by atoms with Gasteiger partial charge in [0.05, 0.1) is 0 Å². The van der Waals surface area contributed by atoms with Crippen molar-refractivity contribution in [2.75, 3.05) is 6.86 Å². The van der Waals surface area contributed by atoms with E-state index in [0.29, 0.717) is 17.5 Å². The maximum atomic E-state index is 13.1. The minimum atomic E-state index is -1.18. The lowest BCUT2D eigenvalue weighted by Gasteiger charge is -2.32. The monoisotopic (exact) mass is 390 g/mol. The fourth-order valence-electron chi connectivity index (χ4n) is 4.12. The molecule has 154 valence electrons. The molecule has 0 heterocycles. The average molecular weight is 390 g/mol. The standard InChI is InChI=1S/C23H31FO4/c1-5-6-7-8-16-12-19(28-13-24)21(22(25)20(16)23(26)27)18-11-15(4)9-10-17(18)14(2)3/h11-12,17-18,25H,2,5-10,13H2,1,3-4H3,(H,26,27). The van der Waals surface area contributed by atoms with Gasteiger partial charge in [-0.05, 0) is 57.1 Å². The summed E-state index contributed by atoms with van der Waals surface area (Å²) in [5, 5.41) is 20.8. The summed E-state index contributed by atoms with van der Waals surface area (Å²) >= 11 is 0. The number of carbonyl (C=O) groups is 1. The second-order valence-corrected chi connectivity index (χ2v) is 7.72. The van der Waals surface area contributed by atoms with Gasteiger partial charge < -0.3 is 14.9 Å². The van der Waals surface area contributed by atoms with Gasteiger partial charge in [0.1, 0.15) is 17.1 Å². The molecule has 1 aliphatic rings. The molecule has 0 aromatic heterocycles. The van der Waals surface area contributed by atoms with Gasteiger partial charge in [-0.25, -0.2) is 9.18 Å². The van der Waals surface area contributed by atoms with Gasteiger partial charge in [-0.3, -0.25) is 0 Å². The lowest BCUT2D eigenvalue weighted by Crippen LogP contribution is -2.19. The largest absolute Gasteiger partial charge is 0.507 e. The van der Waals surface area contributed by atoms with E-state index < -0.39 is 12.8 Å². The molecule has 1 aromatic carbocycles. The summed E-state index contributed by atoms with van der Waals surface area (Å²) in [7, 11) is 0. The molecular weight excluding hydrogens is 359 g/mol. The summed E-state index contributed by atoms with van der Waals surface area (Å²) in [4.78, 5) is 12.0. The molecule has 1 aliphatic carbocycles. The molecule has 0 fully saturated rings. The van der Waals surface area contributed by atoms with E-state index in [2.05, 4.69) is 13.5 Å².